The summed E-state index contributed by atoms with van der Waals surface area (Å²) in [6.07, 6.45) is 1.93. The lowest BCUT2D eigenvalue weighted by Crippen LogP contribution is -1.93. The van der Waals surface area contributed by atoms with Gasteiger partial charge in [0.15, 0.2) is 0 Å². The van der Waals surface area contributed by atoms with Gasteiger partial charge in [-0.1, -0.05) is 43.0 Å². The highest BCUT2D eigenvalue weighted by molar-refractivity contribution is 5.95. The van der Waals surface area contributed by atoms with Gasteiger partial charge in [0.25, 0.3) is 0 Å². The number of fused-ring (bicyclic) bond motifs is 1. The maximum Gasteiger partial charge on any atom is -0.0146 e. The van der Waals surface area contributed by atoms with E-state index < -0.39 is 0 Å². The van der Waals surface area contributed by atoms with Crippen molar-refractivity contribution in [2.45, 2.75) is 20.8 Å². The third kappa shape index (κ3) is 1.80. The first kappa shape index (κ1) is 11.7. The average Bonchev–Trinajstić information content (AvgIpc) is 2.30. The molecular weight excluding hydrogens is 204 g/mol. The summed E-state index contributed by atoms with van der Waals surface area (Å²) < 4.78 is 0. The van der Waals surface area contributed by atoms with E-state index in [1.807, 2.05) is 13.0 Å². The van der Waals surface area contributed by atoms with Crippen LogP contribution in [-0.2, 0) is 0 Å². The zero-order chi connectivity index (χ0) is 12.6. The number of hydrogen-bond donors (Lipinski definition) is 0. The van der Waals surface area contributed by atoms with Crippen LogP contribution in [0.1, 0.15) is 29.2 Å². The topological polar surface area (TPSA) is 0 Å². The molecule has 0 heteroatoms. The van der Waals surface area contributed by atoms with Crippen LogP contribution in [-0.4, -0.2) is 0 Å². The Labute approximate surface area is 103 Å². The Bertz CT molecular complexity index is 615. The zero-order valence-electron chi connectivity index (χ0n) is 10.8. The minimum absolute atomic E-state index is 1.09. The van der Waals surface area contributed by atoms with Crippen molar-refractivity contribution in [2.24, 2.45) is 0 Å². The molecule has 0 aromatic heterocycles. The van der Waals surface area contributed by atoms with Crippen LogP contribution in [0.3, 0.4) is 0 Å². The summed E-state index contributed by atoms with van der Waals surface area (Å²) in [5.74, 6) is 0. The average molecular weight is 222 g/mol. The molecule has 0 fully saturated rings. The Morgan fingerprint density at radius 1 is 1.18 bits per heavy atom. The smallest absolute Gasteiger partial charge is 0.0146 e. The highest BCUT2D eigenvalue weighted by atomic mass is 14.1. The molecule has 0 aliphatic carbocycles. The standard InChI is InChI=1S/C17H18/c1-6-14-13(5)15-9-7-8-12(4)17(15)10-16(14)11(2)3/h6-10H,1-2H2,3-5H3. The lowest BCUT2D eigenvalue weighted by molar-refractivity contribution is 1.43. The molecule has 0 bridgehead atoms. The maximum absolute atomic E-state index is 4.06. The molecule has 0 unspecified atom stereocenters. The van der Waals surface area contributed by atoms with Crippen LogP contribution < -0.4 is 0 Å². The van der Waals surface area contributed by atoms with Crippen LogP contribution >= 0.6 is 0 Å². The molecule has 2 rings (SSSR count). The van der Waals surface area contributed by atoms with E-state index in [1.54, 1.807) is 0 Å². The quantitative estimate of drug-likeness (QED) is 0.660. The fourth-order valence-corrected chi connectivity index (χ4v) is 2.38. The first-order valence-electron chi connectivity index (χ1n) is 5.87. The summed E-state index contributed by atoms with van der Waals surface area (Å²) in [6.45, 7) is 14.3. The highest BCUT2D eigenvalue weighted by Gasteiger charge is 2.09. The Kier molecular flexibility index (Phi) is 2.89. The first-order chi connectivity index (χ1) is 8.06. The van der Waals surface area contributed by atoms with Gasteiger partial charge in [0.1, 0.15) is 0 Å². The Morgan fingerprint density at radius 2 is 1.88 bits per heavy atom. The van der Waals surface area contributed by atoms with Crippen molar-refractivity contribution in [3.8, 4) is 0 Å². The molecule has 2 aromatic carbocycles. The summed E-state index contributed by atoms with van der Waals surface area (Å²) in [5, 5.41) is 2.62. The molecule has 0 saturated carbocycles. The number of aryl methyl sites for hydroxylation is 2. The molecule has 0 aliphatic rings. The van der Waals surface area contributed by atoms with Crippen LogP contribution in [0, 0.1) is 13.8 Å². The summed E-state index contributed by atoms with van der Waals surface area (Å²) in [7, 11) is 0. The Morgan fingerprint density at radius 3 is 2.47 bits per heavy atom. The molecule has 0 saturated heterocycles. The van der Waals surface area contributed by atoms with Crippen molar-refractivity contribution in [2.75, 3.05) is 0 Å². The summed E-state index contributed by atoms with van der Waals surface area (Å²) in [5.41, 5.74) is 6.10. The normalized spacial score (nSPS) is 10.5. The molecule has 2 aromatic rings. The summed E-state index contributed by atoms with van der Waals surface area (Å²) >= 11 is 0. The maximum atomic E-state index is 4.06. The van der Waals surface area contributed by atoms with Gasteiger partial charge in [-0.25, -0.2) is 0 Å². The van der Waals surface area contributed by atoms with Crippen molar-refractivity contribution >= 4 is 22.4 Å². The largest absolute Gasteiger partial charge is 0.0984 e. The van der Waals surface area contributed by atoms with Gasteiger partial charge < -0.3 is 0 Å². The van der Waals surface area contributed by atoms with E-state index in [1.165, 1.54) is 33.0 Å². The van der Waals surface area contributed by atoms with Gasteiger partial charge in [0.05, 0.1) is 0 Å². The minimum atomic E-state index is 1.09. The van der Waals surface area contributed by atoms with Crippen molar-refractivity contribution in [1.29, 1.82) is 0 Å². The molecular formula is C17H18. The molecule has 0 heterocycles. The van der Waals surface area contributed by atoms with Gasteiger partial charge in [0.2, 0.25) is 0 Å². The molecule has 0 atom stereocenters. The van der Waals surface area contributed by atoms with Crippen molar-refractivity contribution in [3.63, 3.8) is 0 Å². The van der Waals surface area contributed by atoms with Gasteiger partial charge in [-0.3, -0.25) is 0 Å². The van der Waals surface area contributed by atoms with E-state index in [0.29, 0.717) is 0 Å². The second-order valence-corrected chi connectivity index (χ2v) is 4.62. The fourth-order valence-electron chi connectivity index (χ4n) is 2.38. The van der Waals surface area contributed by atoms with Gasteiger partial charge >= 0.3 is 0 Å². The molecule has 17 heavy (non-hydrogen) atoms. The van der Waals surface area contributed by atoms with Crippen LogP contribution in [0.15, 0.2) is 37.4 Å². The number of hydrogen-bond acceptors (Lipinski definition) is 0. The third-order valence-electron chi connectivity index (χ3n) is 3.37. The molecule has 0 aliphatic heterocycles. The number of allylic oxidation sites excluding steroid dienone is 1. The van der Waals surface area contributed by atoms with Crippen molar-refractivity contribution in [3.05, 3.63) is 59.7 Å². The summed E-state index contributed by atoms with van der Waals surface area (Å²) in [4.78, 5) is 0. The van der Waals surface area contributed by atoms with Gasteiger partial charge in [0, 0.05) is 0 Å². The van der Waals surface area contributed by atoms with Crippen LogP contribution in [0.5, 0.6) is 0 Å². The molecule has 0 radical (unpaired) electrons. The lowest BCUT2D eigenvalue weighted by atomic mass is 9.90. The SMILES string of the molecule is C=Cc1c(C(=C)C)cc2c(C)cccc2c1C. The van der Waals surface area contributed by atoms with E-state index in [0.717, 1.165) is 5.57 Å². The molecule has 0 amide bonds. The van der Waals surface area contributed by atoms with E-state index >= 15 is 0 Å². The second-order valence-electron chi connectivity index (χ2n) is 4.62. The first-order valence-corrected chi connectivity index (χ1v) is 5.87. The highest BCUT2D eigenvalue weighted by Crippen LogP contribution is 2.31. The zero-order valence-corrected chi connectivity index (χ0v) is 10.8. The van der Waals surface area contributed by atoms with Crippen LogP contribution in [0.4, 0.5) is 0 Å². The third-order valence-corrected chi connectivity index (χ3v) is 3.37. The van der Waals surface area contributed by atoms with Gasteiger partial charge in [-0.15, -0.1) is 0 Å². The molecule has 86 valence electrons. The van der Waals surface area contributed by atoms with E-state index in [4.69, 9.17) is 0 Å². The van der Waals surface area contributed by atoms with Gasteiger partial charge in [-0.05, 0) is 59.9 Å². The monoisotopic (exact) mass is 222 g/mol. The van der Waals surface area contributed by atoms with Crippen LogP contribution in [0.25, 0.3) is 22.4 Å². The Hall–Kier alpha value is -1.82. The molecule has 0 N–H and O–H groups in total. The van der Waals surface area contributed by atoms with E-state index in [-0.39, 0.29) is 0 Å². The lowest BCUT2D eigenvalue weighted by Gasteiger charge is -2.14. The second kappa shape index (κ2) is 4.21. The van der Waals surface area contributed by atoms with E-state index in [9.17, 15) is 0 Å². The Balaban J connectivity index is 2.98. The summed E-state index contributed by atoms with van der Waals surface area (Å²) in [6, 6.07) is 8.67. The van der Waals surface area contributed by atoms with E-state index in [2.05, 4.69) is 51.3 Å². The minimum Gasteiger partial charge on any atom is -0.0984 e. The number of benzene rings is 2. The van der Waals surface area contributed by atoms with Crippen molar-refractivity contribution in [1.82, 2.24) is 0 Å². The fraction of sp³-hybridized carbons (Fsp3) is 0.176. The predicted octanol–water partition coefficient (Wildman–Crippen LogP) is 5.13. The molecule has 0 nitrogen and oxygen atoms in total. The molecule has 0 spiro atoms. The van der Waals surface area contributed by atoms with Gasteiger partial charge in [-0.2, -0.15) is 0 Å². The number of rotatable bonds is 2. The van der Waals surface area contributed by atoms with Crippen LogP contribution in [0.2, 0.25) is 0 Å². The predicted molar refractivity (Wildman–Crippen MR) is 78.2 cm³/mol. The van der Waals surface area contributed by atoms with Crippen molar-refractivity contribution < 1.29 is 0 Å².